The molecule has 2 saturated heterocycles. The van der Waals surface area contributed by atoms with Crippen LogP contribution in [-0.4, -0.2) is 60.3 Å². The molecule has 0 aliphatic carbocycles. The normalized spacial score (nSPS) is 23.5. The van der Waals surface area contributed by atoms with Crippen molar-refractivity contribution in [3.05, 3.63) is 34.1 Å². The average Bonchev–Trinajstić information content (AvgIpc) is 2.61. The number of hydrogen-bond donors (Lipinski definition) is 0. The van der Waals surface area contributed by atoms with Gasteiger partial charge in [0.2, 0.25) is 0 Å². The third-order valence-electron chi connectivity index (χ3n) is 4.69. The molecule has 2 aliphatic rings. The molecule has 0 unspecified atom stereocenters. The minimum absolute atomic E-state index is 0.0777. The van der Waals surface area contributed by atoms with Crippen LogP contribution >= 0.6 is 11.6 Å². The minimum atomic E-state index is -0.706. The molecule has 2 heterocycles. The lowest BCUT2D eigenvalue weighted by Crippen LogP contribution is -2.60. The summed E-state index contributed by atoms with van der Waals surface area (Å²) in [4.78, 5) is 16.2. The van der Waals surface area contributed by atoms with E-state index in [1.807, 2.05) is 26.8 Å². The zero-order chi connectivity index (χ0) is 19.8. The first-order valence-electron chi connectivity index (χ1n) is 8.90. The highest BCUT2D eigenvalue weighted by molar-refractivity contribution is 6.30. The van der Waals surface area contributed by atoms with Gasteiger partial charge in [0, 0.05) is 26.2 Å². The maximum Gasteiger partial charge on any atom is 0.410 e. The van der Waals surface area contributed by atoms with Gasteiger partial charge in [0.25, 0.3) is 0 Å². The molecular weight excluding hydrogens is 373 g/mol. The molecule has 8 heteroatoms. The largest absolute Gasteiger partial charge is 0.444 e. The number of hydrogen-bond acceptors (Lipinski definition) is 5. The number of amides is 1. The molecule has 1 amide bonds. The Hall–Kier alpha value is -1.88. The van der Waals surface area contributed by atoms with E-state index in [1.165, 1.54) is 12.1 Å². The number of nitrogens with zero attached hydrogens (tertiary/aromatic N) is 3. The molecule has 146 valence electrons. The van der Waals surface area contributed by atoms with Crippen LogP contribution in [-0.2, 0) is 9.47 Å². The third kappa shape index (κ3) is 4.52. The van der Waals surface area contributed by atoms with E-state index in [2.05, 4.69) is 4.90 Å². The van der Waals surface area contributed by atoms with Crippen LogP contribution in [0.25, 0.3) is 0 Å². The van der Waals surface area contributed by atoms with Crippen molar-refractivity contribution < 1.29 is 18.7 Å². The number of carbonyl (C=O) groups excluding carboxylic acids is 1. The Kier molecular flexibility index (Phi) is 5.61. The zero-order valence-electron chi connectivity index (χ0n) is 15.7. The van der Waals surface area contributed by atoms with Gasteiger partial charge in [0.1, 0.15) is 11.7 Å². The molecule has 0 N–H and O–H groups in total. The van der Waals surface area contributed by atoms with Gasteiger partial charge < -0.3 is 14.4 Å². The number of carbonyl (C=O) groups is 1. The van der Waals surface area contributed by atoms with Crippen LogP contribution in [0.1, 0.15) is 38.0 Å². The van der Waals surface area contributed by atoms with Crippen molar-refractivity contribution in [1.82, 2.24) is 9.80 Å². The molecule has 2 aliphatic heterocycles. The van der Waals surface area contributed by atoms with Crippen LogP contribution in [0.5, 0.6) is 0 Å². The lowest BCUT2D eigenvalue weighted by atomic mass is 10.0. The maximum atomic E-state index is 13.8. The Bertz CT molecular complexity index is 775. The topological polar surface area (TPSA) is 65.8 Å². The first-order chi connectivity index (χ1) is 12.7. The summed E-state index contributed by atoms with van der Waals surface area (Å²) < 4.78 is 25.2. The number of morpholine rings is 1. The SMILES string of the molecule is CC(C)(C)OC(=O)N1CCN2C[C@@H](c3cc(Cl)c(F)c(C#N)c3)OC[C@@H]2C1. The fourth-order valence-corrected chi connectivity index (χ4v) is 3.58. The van der Waals surface area contributed by atoms with Gasteiger partial charge in [-0.2, -0.15) is 5.26 Å². The van der Waals surface area contributed by atoms with Crippen molar-refractivity contribution in [2.45, 2.75) is 38.5 Å². The molecule has 0 spiro atoms. The molecule has 6 nitrogen and oxygen atoms in total. The minimum Gasteiger partial charge on any atom is -0.444 e. The smallest absolute Gasteiger partial charge is 0.410 e. The molecule has 3 rings (SSSR count). The van der Waals surface area contributed by atoms with Gasteiger partial charge in [-0.25, -0.2) is 9.18 Å². The van der Waals surface area contributed by atoms with E-state index in [-0.39, 0.29) is 28.8 Å². The quantitative estimate of drug-likeness (QED) is 0.729. The van der Waals surface area contributed by atoms with Gasteiger partial charge in [-0.05, 0) is 38.5 Å². The zero-order valence-corrected chi connectivity index (χ0v) is 16.4. The maximum absolute atomic E-state index is 13.8. The number of benzene rings is 1. The van der Waals surface area contributed by atoms with Crippen molar-refractivity contribution in [1.29, 1.82) is 5.26 Å². The molecule has 1 aromatic carbocycles. The second-order valence-corrected chi connectivity index (χ2v) is 8.28. The van der Waals surface area contributed by atoms with Gasteiger partial charge in [-0.15, -0.1) is 0 Å². The predicted octanol–water partition coefficient (Wildman–Crippen LogP) is 3.34. The Balaban J connectivity index is 1.65. The molecule has 0 bridgehead atoms. The van der Waals surface area contributed by atoms with Gasteiger partial charge >= 0.3 is 6.09 Å². The number of nitriles is 1. The van der Waals surface area contributed by atoms with Crippen molar-refractivity contribution in [2.75, 3.05) is 32.8 Å². The van der Waals surface area contributed by atoms with Crippen LogP contribution < -0.4 is 0 Å². The lowest BCUT2D eigenvalue weighted by Gasteiger charge is -2.46. The number of piperazine rings is 1. The molecule has 2 atom stereocenters. The second-order valence-electron chi connectivity index (χ2n) is 7.87. The van der Waals surface area contributed by atoms with E-state index in [9.17, 15) is 9.18 Å². The van der Waals surface area contributed by atoms with Crippen molar-refractivity contribution in [3.63, 3.8) is 0 Å². The average molecular weight is 396 g/mol. The molecule has 0 saturated carbocycles. The summed E-state index contributed by atoms with van der Waals surface area (Å²) in [6, 6.07) is 4.90. The molecule has 0 radical (unpaired) electrons. The van der Waals surface area contributed by atoms with E-state index >= 15 is 0 Å². The Morgan fingerprint density at radius 1 is 1.37 bits per heavy atom. The summed E-state index contributed by atoms with van der Waals surface area (Å²) in [6.45, 7) is 8.38. The second kappa shape index (κ2) is 7.63. The molecule has 1 aromatic rings. The number of rotatable bonds is 1. The fraction of sp³-hybridized carbons (Fsp3) is 0.579. The summed E-state index contributed by atoms with van der Waals surface area (Å²) in [6.07, 6.45) is -0.604. The molecule has 2 fully saturated rings. The predicted molar refractivity (Wildman–Crippen MR) is 98.0 cm³/mol. The van der Waals surface area contributed by atoms with Gasteiger partial charge in [0.15, 0.2) is 5.82 Å². The number of ether oxygens (including phenoxy) is 2. The van der Waals surface area contributed by atoms with Crippen LogP contribution in [0.4, 0.5) is 9.18 Å². The van der Waals surface area contributed by atoms with Gasteiger partial charge in [0.05, 0.1) is 29.3 Å². The highest BCUT2D eigenvalue weighted by Crippen LogP contribution is 2.31. The van der Waals surface area contributed by atoms with E-state index in [0.29, 0.717) is 38.3 Å². The molecular formula is C19H23ClFN3O3. The van der Waals surface area contributed by atoms with Crippen molar-refractivity contribution in [2.24, 2.45) is 0 Å². The first-order valence-corrected chi connectivity index (χ1v) is 9.28. The van der Waals surface area contributed by atoms with Gasteiger partial charge in [-0.1, -0.05) is 11.6 Å². The third-order valence-corrected chi connectivity index (χ3v) is 4.96. The standard InChI is InChI=1S/C19H23ClFN3O3/c1-19(2,3)27-18(25)24-5-4-23-10-16(26-11-14(23)9-24)12-6-13(8-22)17(21)15(20)7-12/h6-7,14,16H,4-5,9-11H2,1-3H3/t14-,16-/m0/s1. The van der Waals surface area contributed by atoms with Crippen LogP contribution in [0.15, 0.2) is 12.1 Å². The van der Waals surface area contributed by atoms with E-state index in [0.717, 1.165) is 0 Å². The van der Waals surface area contributed by atoms with Crippen LogP contribution in [0, 0.1) is 17.1 Å². The van der Waals surface area contributed by atoms with E-state index in [1.54, 1.807) is 4.90 Å². The van der Waals surface area contributed by atoms with E-state index in [4.69, 9.17) is 26.3 Å². The Morgan fingerprint density at radius 3 is 2.78 bits per heavy atom. The highest BCUT2D eigenvalue weighted by atomic mass is 35.5. The van der Waals surface area contributed by atoms with Gasteiger partial charge in [-0.3, -0.25) is 4.90 Å². The van der Waals surface area contributed by atoms with Crippen LogP contribution in [0.2, 0.25) is 5.02 Å². The lowest BCUT2D eigenvalue weighted by molar-refractivity contribution is -0.0906. The summed E-state index contributed by atoms with van der Waals surface area (Å²) >= 11 is 5.91. The first kappa shape index (κ1) is 19.9. The summed E-state index contributed by atoms with van der Waals surface area (Å²) in [7, 11) is 0. The summed E-state index contributed by atoms with van der Waals surface area (Å²) in [5.74, 6) is -0.706. The summed E-state index contributed by atoms with van der Waals surface area (Å²) in [5.41, 5.74) is 0.0758. The molecule has 27 heavy (non-hydrogen) atoms. The number of fused-ring (bicyclic) bond motifs is 1. The van der Waals surface area contributed by atoms with Crippen molar-refractivity contribution >= 4 is 17.7 Å². The van der Waals surface area contributed by atoms with Crippen LogP contribution in [0.3, 0.4) is 0 Å². The Morgan fingerprint density at radius 2 is 2.11 bits per heavy atom. The monoisotopic (exact) mass is 395 g/mol. The highest BCUT2D eigenvalue weighted by Gasteiger charge is 2.37. The Labute approximate surface area is 163 Å². The fourth-order valence-electron chi connectivity index (χ4n) is 3.36. The van der Waals surface area contributed by atoms with Crippen molar-refractivity contribution in [3.8, 4) is 6.07 Å². The summed E-state index contributed by atoms with van der Waals surface area (Å²) in [5, 5.41) is 8.99. The number of halogens is 2. The van der Waals surface area contributed by atoms with E-state index < -0.39 is 11.4 Å². The molecule has 0 aromatic heterocycles.